The molecule has 0 amide bonds. The third-order valence-electron chi connectivity index (χ3n) is 3.68. The molecule has 6 nitrogen and oxygen atoms in total. The molecule has 2 aromatic carbocycles. The molecule has 0 fully saturated rings. The number of hydrogen-bond acceptors (Lipinski definition) is 6. The standard InChI is InChI=1S/C19H16ClFN2O4/c1-24-15-9-12(10-16(25-2)17(15)26-3)18-22-23-19(27-18)14(20)8-11-5-4-6-13(21)7-11/h4-10H,1-3H3/b14-8-. The topological polar surface area (TPSA) is 66.6 Å². The van der Waals surface area contributed by atoms with Gasteiger partial charge in [-0.2, -0.15) is 0 Å². The summed E-state index contributed by atoms with van der Waals surface area (Å²) in [5.74, 6) is 1.31. The van der Waals surface area contributed by atoms with Gasteiger partial charge in [-0.15, -0.1) is 10.2 Å². The Hall–Kier alpha value is -3.06. The summed E-state index contributed by atoms with van der Waals surface area (Å²) in [5.41, 5.74) is 1.14. The van der Waals surface area contributed by atoms with Crippen LogP contribution < -0.4 is 14.2 Å². The molecule has 3 aromatic rings. The van der Waals surface area contributed by atoms with Crippen LogP contribution in [0.4, 0.5) is 4.39 Å². The quantitative estimate of drug-likeness (QED) is 0.611. The first-order valence-electron chi connectivity index (χ1n) is 7.82. The number of rotatable bonds is 6. The predicted molar refractivity (Wildman–Crippen MR) is 99.5 cm³/mol. The Labute approximate surface area is 160 Å². The monoisotopic (exact) mass is 390 g/mol. The van der Waals surface area contributed by atoms with Crippen molar-refractivity contribution in [2.24, 2.45) is 0 Å². The number of aromatic nitrogens is 2. The fourth-order valence-corrected chi connectivity index (χ4v) is 2.65. The van der Waals surface area contributed by atoms with Crippen molar-refractivity contribution in [1.29, 1.82) is 0 Å². The average molecular weight is 391 g/mol. The molecule has 0 bridgehead atoms. The molecule has 0 spiro atoms. The van der Waals surface area contributed by atoms with E-state index in [1.165, 1.54) is 39.5 Å². The van der Waals surface area contributed by atoms with E-state index in [0.29, 0.717) is 28.4 Å². The molecule has 0 N–H and O–H groups in total. The van der Waals surface area contributed by atoms with E-state index in [9.17, 15) is 4.39 Å². The van der Waals surface area contributed by atoms with Crippen LogP contribution in [0, 0.1) is 5.82 Å². The lowest BCUT2D eigenvalue weighted by Crippen LogP contribution is -1.95. The second kappa shape index (κ2) is 8.09. The minimum atomic E-state index is -0.364. The summed E-state index contributed by atoms with van der Waals surface area (Å²) >= 11 is 6.23. The molecular formula is C19H16ClFN2O4. The molecule has 0 aliphatic carbocycles. The molecule has 0 radical (unpaired) electrons. The third-order valence-corrected chi connectivity index (χ3v) is 3.95. The van der Waals surface area contributed by atoms with Gasteiger partial charge in [0.05, 0.1) is 21.3 Å². The molecule has 140 valence electrons. The Morgan fingerprint density at radius 2 is 1.74 bits per heavy atom. The van der Waals surface area contributed by atoms with Gasteiger partial charge in [-0.25, -0.2) is 4.39 Å². The maximum absolute atomic E-state index is 13.3. The van der Waals surface area contributed by atoms with Gasteiger partial charge < -0.3 is 18.6 Å². The number of nitrogens with zero attached hydrogens (tertiary/aromatic N) is 2. The normalized spacial score (nSPS) is 11.4. The van der Waals surface area contributed by atoms with Gasteiger partial charge >= 0.3 is 0 Å². The van der Waals surface area contributed by atoms with Crippen LogP contribution in [0.2, 0.25) is 0 Å². The second-order valence-electron chi connectivity index (χ2n) is 5.37. The van der Waals surface area contributed by atoms with Gasteiger partial charge in [0.1, 0.15) is 10.8 Å². The Balaban J connectivity index is 1.96. The Kier molecular flexibility index (Phi) is 5.61. The smallest absolute Gasteiger partial charge is 0.259 e. The zero-order valence-electron chi connectivity index (χ0n) is 14.8. The van der Waals surface area contributed by atoms with Crippen molar-refractivity contribution in [1.82, 2.24) is 10.2 Å². The first kappa shape index (κ1) is 18.7. The molecule has 0 unspecified atom stereocenters. The highest BCUT2D eigenvalue weighted by Gasteiger charge is 2.18. The predicted octanol–water partition coefficient (Wildman–Crippen LogP) is 4.64. The van der Waals surface area contributed by atoms with Gasteiger partial charge in [0.25, 0.3) is 5.89 Å². The summed E-state index contributed by atoms with van der Waals surface area (Å²) in [5, 5.41) is 8.13. The molecule has 27 heavy (non-hydrogen) atoms. The molecule has 8 heteroatoms. The summed E-state index contributed by atoms with van der Waals surface area (Å²) in [6.45, 7) is 0. The highest BCUT2D eigenvalue weighted by molar-refractivity contribution is 6.50. The van der Waals surface area contributed by atoms with Crippen molar-refractivity contribution < 1.29 is 23.0 Å². The largest absolute Gasteiger partial charge is 0.493 e. The van der Waals surface area contributed by atoms with Crippen molar-refractivity contribution >= 4 is 22.7 Å². The molecular weight excluding hydrogens is 375 g/mol. The van der Waals surface area contributed by atoms with Gasteiger partial charge in [-0.3, -0.25) is 0 Å². The van der Waals surface area contributed by atoms with E-state index in [4.69, 9.17) is 30.2 Å². The Bertz CT molecular complexity index is 962. The van der Waals surface area contributed by atoms with E-state index in [0.717, 1.165) is 0 Å². The molecule has 3 rings (SSSR count). The lowest BCUT2D eigenvalue weighted by atomic mass is 10.2. The lowest BCUT2D eigenvalue weighted by molar-refractivity contribution is 0.324. The van der Waals surface area contributed by atoms with Crippen LogP contribution in [0.3, 0.4) is 0 Å². The minimum absolute atomic E-state index is 0.102. The molecule has 0 aliphatic heterocycles. The molecule has 1 aromatic heterocycles. The van der Waals surface area contributed by atoms with E-state index in [-0.39, 0.29) is 22.6 Å². The van der Waals surface area contributed by atoms with Gasteiger partial charge in [0.2, 0.25) is 11.6 Å². The maximum atomic E-state index is 13.3. The highest BCUT2D eigenvalue weighted by atomic mass is 35.5. The highest BCUT2D eigenvalue weighted by Crippen LogP contribution is 2.41. The van der Waals surface area contributed by atoms with Crippen molar-refractivity contribution in [3.05, 3.63) is 53.7 Å². The first-order valence-corrected chi connectivity index (χ1v) is 8.20. The van der Waals surface area contributed by atoms with E-state index >= 15 is 0 Å². The van der Waals surface area contributed by atoms with Crippen LogP contribution in [-0.2, 0) is 0 Å². The summed E-state index contributed by atoms with van der Waals surface area (Å²) in [6.07, 6.45) is 1.54. The van der Waals surface area contributed by atoms with Crippen LogP contribution in [0.5, 0.6) is 17.2 Å². The van der Waals surface area contributed by atoms with Crippen LogP contribution in [0.25, 0.3) is 22.6 Å². The lowest BCUT2D eigenvalue weighted by Gasteiger charge is -2.12. The Morgan fingerprint density at radius 1 is 1.04 bits per heavy atom. The van der Waals surface area contributed by atoms with Gasteiger partial charge in [0.15, 0.2) is 11.5 Å². The Morgan fingerprint density at radius 3 is 2.33 bits per heavy atom. The van der Waals surface area contributed by atoms with Crippen LogP contribution in [-0.4, -0.2) is 31.5 Å². The number of methoxy groups -OCH3 is 3. The maximum Gasteiger partial charge on any atom is 0.259 e. The van der Waals surface area contributed by atoms with Crippen molar-refractivity contribution in [2.45, 2.75) is 0 Å². The second-order valence-corrected chi connectivity index (χ2v) is 5.78. The summed E-state index contributed by atoms with van der Waals surface area (Å²) in [7, 11) is 4.54. The number of hydrogen-bond donors (Lipinski definition) is 0. The number of benzene rings is 2. The van der Waals surface area contributed by atoms with Crippen molar-refractivity contribution in [3.8, 4) is 28.7 Å². The molecule has 0 atom stereocenters. The number of halogens is 2. The third kappa shape index (κ3) is 4.03. The van der Waals surface area contributed by atoms with Crippen molar-refractivity contribution in [2.75, 3.05) is 21.3 Å². The van der Waals surface area contributed by atoms with Crippen LogP contribution >= 0.6 is 11.6 Å². The molecule has 1 heterocycles. The molecule has 0 aliphatic rings. The minimum Gasteiger partial charge on any atom is -0.493 e. The van der Waals surface area contributed by atoms with Crippen LogP contribution in [0.1, 0.15) is 11.5 Å². The van der Waals surface area contributed by atoms with E-state index in [2.05, 4.69) is 10.2 Å². The average Bonchev–Trinajstić information content (AvgIpc) is 3.17. The van der Waals surface area contributed by atoms with E-state index in [1.54, 1.807) is 24.3 Å². The SMILES string of the molecule is COc1cc(-c2nnc(/C(Cl)=C/c3cccc(F)c3)o2)cc(OC)c1OC. The van der Waals surface area contributed by atoms with E-state index < -0.39 is 0 Å². The fraction of sp³-hybridized carbons (Fsp3) is 0.158. The first-order chi connectivity index (χ1) is 13.0. The zero-order valence-corrected chi connectivity index (χ0v) is 15.6. The van der Waals surface area contributed by atoms with Crippen LogP contribution in [0.15, 0.2) is 40.8 Å². The van der Waals surface area contributed by atoms with Crippen molar-refractivity contribution in [3.63, 3.8) is 0 Å². The van der Waals surface area contributed by atoms with E-state index in [1.807, 2.05) is 0 Å². The molecule has 0 saturated carbocycles. The van der Waals surface area contributed by atoms with Gasteiger partial charge in [0, 0.05) is 5.56 Å². The summed E-state index contributed by atoms with van der Waals surface area (Å²) < 4.78 is 34.9. The number of ether oxygens (including phenoxy) is 3. The zero-order chi connectivity index (χ0) is 19.4. The fourth-order valence-electron chi connectivity index (χ4n) is 2.45. The van der Waals surface area contributed by atoms with Gasteiger partial charge in [-0.1, -0.05) is 23.7 Å². The van der Waals surface area contributed by atoms with Gasteiger partial charge in [-0.05, 0) is 35.9 Å². The summed E-state index contributed by atoms with van der Waals surface area (Å²) in [6, 6.07) is 9.35. The summed E-state index contributed by atoms with van der Waals surface area (Å²) in [4.78, 5) is 0. The molecule has 0 saturated heterocycles.